The first-order chi connectivity index (χ1) is 12.2. The van der Waals surface area contributed by atoms with Crippen LogP contribution < -0.4 is 4.74 Å². The Balaban J connectivity index is 1.44. The Labute approximate surface area is 155 Å². The number of aromatic nitrogens is 1. The van der Waals surface area contributed by atoms with Gasteiger partial charge in [0.1, 0.15) is 6.10 Å². The molecule has 2 unspecified atom stereocenters. The number of likely N-dealkylation sites (tertiary alicyclic amines) is 1. The van der Waals surface area contributed by atoms with Crippen molar-refractivity contribution >= 4 is 21.8 Å². The van der Waals surface area contributed by atoms with E-state index < -0.39 is 6.10 Å². The van der Waals surface area contributed by atoms with E-state index in [2.05, 4.69) is 27.0 Å². The van der Waals surface area contributed by atoms with Gasteiger partial charge in [0.15, 0.2) is 6.10 Å². The molecule has 25 heavy (non-hydrogen) atoms. The van der Waals surface area contributed by atoms with Crippen LogP contribution in [0.1, 0.15) is 23.7 Å². The number of hydrogen-bond donors (Lipinski definition) is 0. The normalized spacial score (nSPS) is 22.5. The fraction of sp³-hybridized carbons (Fsp3) is 0.368. The molecule has 0 radical (unpaired) electrons. The molecule has 0 spiro atoms. The van der Waals surface area contributed by atoms with E-state index in [1.807, 2.05) is 35.2 Å². The number of hydrogen-bond acceptors (Lipinski definition) is 4. The van der Waals surface area contributed by atoms with E-state index in [1.54, 1.807) is 6.20 Å². The molecule has 6 heteroatoms. The van der Waals surface area contributed by atoms with Crippen molar-refractivity contribution in [3.05, 3.63) is 58.2 Å². The first-order valence-corrected chi connectivity index (χ1v) is 9.27. The summed E-state index contributed by atoms with van der Waals surface area (Å²) in [6, 6.07) is 11.8. The second-order valence-corrected chi connectivity index (χ2v) is 7.16. The van der Waals surface area contributed by atoms with Gasteiger partial charge in [-0.1, -0.05) is 24.3 Å². The van der Waals surface area contributed by atoms with Crippen LogP contribution in [-0.2, 0) is 16.0 Å². The zero-order valence-electron chi connectivity index (χ0n) is 13.7. The fourth-order valence-electron chi connectivity index (χ4n) is 3.40. The molecule has 0 aliphatic carbocycles. The van der Waals surface area contributed by atoms with Crippen LogP contribution in [0.25, 0.3) is 0 Å². The highest BCUT2D eigenvalue weighted by molar-refractivity contribution is 9.10. The van der Waals surface area contributed by atoms with Crippen molar-refractivity contribution in [2.45, 2.75) is 25.0 Å². The molecule has 1 saturated heterocycles. The van der Waals surface area contributed by atoms with E-state index in [-0.39, 0.29) is 12.0 Å². The van der Waals surface area contributed by atoms with E-state index in [0.717, 1.165) is 22.9 Å². The molecule has 2 atom stereocenters. The Morgan fingerprint density at radius 2 is 2.16 bits per heavy atom. The molecule has 5 nitrogen and oxygen atoms in total. The molecule has 0 bridgehead atoms. The molecular formula is C19H19BrN2O3. The van der Waals surface area contributed by atoms with E-state index in [9.17, 15) is 4.79 Å². The minimum absolute atomic E-state index is 0.0262. The number of halogens is 1. The summed E-state index contributed by atoms with van der Waals surface area (Å²) in [6.45, 7) is 1.82. The fourth-order valence-corrected chi connectivity index (χ4v) is 3.75. The Hall–Kier alpha value is -1.92. The minimum Gasteiger partial charge on any atom is -0.472 e. The molecule has 1 aromatic carbocycles. The molecule has 2 aliphatic rings. The van der Waals surface area contributed by atoms with Crippen LogP contribution in [0.2, 0.25) is 0 Å². The molecule has 2 aromatic rings. The molecule has 1 aromatic heterocycles. The van der Waals surface area contributed by atoms with Gasteiger partial charge in [0.25, 0.3) is 5.91 Å². The van der Waals surface area contributed by atoms with Crippen LogP contribution in [0.3, 0.4) is 0 Å². The maximum absolute atomic E-state index is 12.9. The maximum atomic E-state index is 12.9. The number of rotatable bonds is 3. The minimum atomic E-state index is -0.495. The van der Waals surface area contributed by atoms with Gasteiger partial charge in [-0.3, -0.25) is 4.79 Å². The van der Waals surface area contributed by atoms with Gasteiger partial charge in [-0.25, -0.2) is 4.98 Å². The van der Waals surface area contributed by atoms with Gasteiger partial charge < -0.3 is 14.4 Å². The summed E-state index contributed by atoms with van der Waals surface area (Å²) >= 11 is 3.44. The Kier molecular flexibility index (Phi) is 4.72. The van der Waals surface area contributed by atoms with E-state index >= 15 is 0 Å². The standard InChI is InChI=1S/C19H19BrN2O3/c20-16-6-3-9-21-18(16)25-14-7-10-22(12-14)19(23)17-15-5-2-1-4-13(15)8-11-24-17/h1-6,9,14,17H,7-8,10-12H2. The second kappa shape index (κ2) is 7.14. The third-order valence-corrected chi connectivity index (χ3v) is 5.28. The Morgan fingerprint density at radius 1 is 1.28 bits per heavy atom. The highest BCUT2D eigenvalue weighted by Crippen LogP contribution is 2.30. The first-order valence-electron chi connectivity index (χ1n) is 8.48. The van der Waals surface area contributed by atoms with Crippen molar-refractivity contribution in [1.29, 1.82) is 0 Å². The Bertz CT molecular complexity index is 783. The first kappa shape index (κ1) is 16.5. The number of nitrogens with zero attached hydrogens (tertiary/aromatic N) is 2. The van der Waals surface area contributed by atoms with Crippen molar-refractivity contribution < 1.29 is 14.3 Å². The number of benzene rings is 1. The lowest BCUT2D eigenvalue weighted by Crippen LogP contribution is -2.37. The predicted octanol–water partition coefficient (Wildman–Crippen LogP) is 3.14. The molecule has 2 aliphatic heterocycles. The summed E-state index contributed by atoms with van der Waals surface area (Å²) in [5.41, 5.74) is 2.20. The average molecular weight is 403 g/mol. The van der Waals surface area contributed by atoms with Crippen molar-refractivity contribution in [2.24, 2.45) is 0 Å². The number of pyridine rings is 1. The highest BCUT2D eigenvalue weighted by Gasteiger charge is 2.35. The summed E-state index contributed by atoms with van der Waals surface area (Å²) in [4.78, 5) is 19.0. The van der Waals surface area contributed by atoms with Crippen LogP contribution in [-0.4, -0.2) is 41.6 Å². The van der Waals surface area contributed by atoms with Gasteiger partial charge in [-0.15, -0.1) is 0 Å². The molecule has 1 fully saturated rings. The summed E-state index contributed by atoms with van der Waals surface area (Å²) in [5.74, 6) is 0.597. The predicted molar refractivity (Wildman–Crippen MR) is 96.4 cm³/mol. The van der Waals surface area contributed by atoms with Gasteiger partial charge in [-0.05, 0) is 45.6 Å². The second-order valence-electron chi connectivity index (χ2n) is 6.30. The molecule has 0 N–H and O–H groups in total. The lowest BCUT2D eigenvalue weighted by Gasteiger charge is -2.28. The smallest absolute Gasteiger partial charge is 0.256 e. The topological polar surface area (TPSA) is 51.7 Å². The molecule has 0 saturated carbocycles. The van der Waals surface area contributed by atoms with Crippen LogP contribution in [0.5, 0.6) is 5.88 Å². The van der Waals surface area contributed by atoms with Gasteiger partial charge in [0, 0.05) is 19.2 Å². The van der Waals surface area contributed by atoms with Crippen LogP contribution in [0.4, 0.5) is 0 Å². The molecule has 3 heterocycles. The third kappa shape index (κ3) is 3.41. The van der Waals surface area contributed by atoms with E-state index in [1.165, 1.54) is 5.56 Å². The van der Waals surface area contributed by atoms with Gasteiger partial charge in [-0.2, -0.15) is 0 Å². The summed E-state index contributed by atoms with van der Waals surface area (Å²) in [5, 5.41) is 0. The van der Waals surface area contributed by atoms with Gasteiger partial charge in [0.2, 0.25) is 5.88 Å². The molecule has 4 rings (SSSR count). The quantitative estimate of drug-likeness (QED) is 0.791. The monoisotopic (exact) mass is 402 g/mol. The van der Waals surface area contributed by atoms with Crippen LogP contribution in [0, 0.1) is 0 Å². The SMILES string of the molecule is O=C(C1OCCc2ccccc21)N1CCC(Oc2ncccc2Br)C1. The van der Waals surface area contributed by atoms with Crippen molar-refractivity contribution in [2.75, 3.05) is 19.7 Å². The zero-order valence-corrected chi connectivity index (χ0v) is 15.3. The number of ether oxygens (including phenoxy) is 2. The summed E-state index contributed by atoms with van der Waals surface area (Å²) in [6.07, 6.45) is 2.81. The van der Waals surface area contributed by atoms with Crippen LogP contribution in [0.15, 0.2) is 47.1 Å². The lowest BCUT2D eigenvalue weighted by atomic mass is 9.97. The van der Waals surface area contributed by atoms with Gasteiger partial charge in [0.05, 0.1) is 17.6 Å². The third-order valence-electron chi connectivity index (χ3n) is 4.68. The lowest BCUT2D eigenvalue weighted by molar-refractivity contribution is -0.144. The Morgan fingerprint density at radius 3 is 3.04 bits per heavy atom. The maximum Gasteiger partial charge on any atom is 0.256 e. The van der Waals surface area contributed by atoms with Crippen molar-refractivity contribution in [1.82, 2.24) is 9.88 Å². The molecule has 130 valence electrons. The van der Waals surface area contributed by atoms with Crippen molar-refractivity contribution in [3.8, 4) is 5.88 Å². The largest absolute Gasteiger partial charge is 0.472 e. The molecule has 1 amide bonds. The summed E-state index contributed by atoms with van der Waals surface area (Å²) in [7, 11) is 0. The average Bonchev–Trinajstić information content (AvgIpc) is 3.11. The van der Waals surface area contributed by atoms with Gasteiger partial charge >= 0.3 is 0 Å². The molecular weight excluding hydrogens is 384 g/mol. The van der Waals surface area contributed by atoms with Crippen LogP contribution >= 0.6 is 15.9 Å². The van der Waals surface area contributed by atoms with E-state index in [4.69, 9.17) is 9.47 Å². The highest BCUT2D eigenvalue weighted by atomic mass is 79.9. The zero-order chi connectivity index (χ0) is 17.2. The number of carbonyl (C=O) groups excluding carboxylic acids is 1. The number of carbonyl (C=O) groups is 1. The number of fused-ring (bicyclic) bond motifs is 1. The number of amides is 1. The van der Waals surface area contributed by atoms with E-state index in [0.29, 0.717) is 25.6 Å². The van der Waals surface area contributed by atoms with Crippen molar-refractivity contribution in [3.63, 3.8) is 0 Å². The summed E-state index contributed by atoms with van der Waals surface area (Å²) < 4.78 is 12.6.